The van der Waals surface area contributed by atoms with Crippen LogP contribution in [-0.4, -0.2) is 25.8 Å². The Hall–Kier alpha value is -0.570. The normalized spacial score (nSPS) is 26.3. The molecule has 0 aliphatic heterocycles. The zero-order valence-corrected chi connectivity index (χ0v) is 9.83. The molecule has 1 aliphatic carbocycles. The summed E-state index contributed by atoms with van der Waals surface area (Å²) in [6.45, 7) is 2.86. The first-order chi connectivity index (χ1) is 7.22. The van der Waals surface area contributed by atoms with Crippen molar-refractivity contribution in [2.45, 2.75) is 51.6 Å². The van der Waals surface area contributed by atoms with Gasteiger partial charge >= 0.3 is 5.97 Å². The van der Waals surface area contributed by atoms with Crippen LogP contribution < -0.4 is 0 Å². The minimum atomic E-state index is -0.0637. The summed E-state index contributed by atoms with van der Waals surface area (Å²) in [6, 6.07) is 0. The van der Waals surface area contributed by atoms with E-state index in [2.05, 4.69) is 6.92 Å². The highest BCUT2D eigenvalue weighted by molar-refractivity contribution is 5.69. The third-order valence-corrected chi connectivity index (χ3v) is 2.92. The Balaban J connectivity index is 2.13. The highest BCUT2D eigenvalue weighted by Crippen LogP contribution is 2.25. The molecular formula is C12H22O3. The molecule has 0 saturated heterocycles. The molecule has 1 rings (SSSR count). The lowest BCUT2D eigenvalue weighted by Gasteiger charge is -2.26. The molecule has 1 saturated carbocycles. The van der Waals surface area contributed by atoms with E-state index in [9.17, 15) is 4.79 Å². The van der Waals surface area contributed by atoms with Gasteiger partial charge in [0.2, 0.25) is 0 Å². The summed E-state index contributed by atoms with van der Waals surface area (Å²) in [5.41, 5.74) is 0. The van der Waals surface area contributed by atoms with Gasteiger partial charge in [-0.15, -0.1) is 0 Å². The number of ether oxygens (including phenoxy) is 2. The van der Waals surface area contributed by atoms with Gasteiger partial charge in [-0.05, 0) is 31.6 Å². The Labute approximate surface area is 92.1 Å². The number of hydrogen-bond acceptors (Lipinski definition) is 3. The van der Waals surface area contributed by atoms with E-state index in [0.29, 0.717) is 18.9 Å². The van der Waals surface area contributed by atoms with E-state index in [0.717, 1.165) is 19.3 Å². The van der Waals surface area contributed by atoms with Crippen LogP contribution in [-0.2, 0) is 14.3 Å². The fraction of sp³-hybridized carbons (Fsp3) is 0.917. The van der Waals surface area contributed by atoms with Crippen molar-refractivity contribution in [3.8, 4) is 0 Å². The van der Waals surface area contributed by atoms with E-state index >= 15 is 0 Å². The van der Waals surface area contributed by atoms with E-state index in [-0.39, 0.29) is 12.1 Å². The predicted octanol–water partition coefficient (Wildman–Crippen LogP) is 2.53. The predicted molar refractivity (Wildman–Crippen MR) is 58.6 cm³/mol. The molecule has 0 bridgehead atoms. The highest BCUT2D eigenvalue weighted by Gasteiger charge is 2.21. The number of carbonyl (C=O) groups excluding carboxylic acids is 1. The van der Waals surface area contributed by atoms with Crippen molar-refractivity contribution in [3.05, 3.63) is 0 Å². The van der Waals surface area contributed by atoms with Gasteiger partial charge in [0.25, 0.3) is 0 Å². The van der Waals surface area contributed by atoms with E-state index in [1.54, 1.807) is 7.11 Å². The Bertz CT molecular complexity index is 191. The van der Waals surface area contributed by atoms with Gasteiger partial charge in [-0.1, -0.05) is 13.3 Å². The molecule has 0 N–H and O–H groups in total. The molecule has 2 atom stereocenters. The van der Waals surface area contributed by atoms with Gasteiger partial charge in [0.1, 0.15) is 6.10 Å². The maximum atomic E-state index is 11.4. The van der Waals surface area contributed by atoms with Gasteiger partial charge in [0.15, 0.2) is 0 Å². The first-order valence-corrected chi connectivity index (χ1v) is 5.90. The summed E-state index contributed by atoms with van der Waals surface area (Å²) in [7, 11) is 1.65. The topological polar surface area (TPSA) is 35.5 Å². The second-order valence-electron chi connectivity index (χ2n) is 4.48. The fourth-order valence-electron chi connectivity index (χ4n) is 2.09. The molecule has 1 fully saturated rings. The molecule has 0 spiro atoms. The zero-order chi connectivity index (χ0) is 11.1. The second kappa shape index (κ2) is 6.83. The van der Waals surface area contributed by atoms with E-state index in [1.165, 1.54) is 12.8 Å². The van der Waals surface area contributed by atoms with E-state index in [4.69, 9.17) is 9.47 Å². The summed E-state index contributed by atoms with van der Waals surface area (Å²) >= 11 is 0. The lowest BCUT2D eigenvalue weighted by atomic mass is 9.89. The van der Waals surface area contributed by atoms with Crippen LogP contribution in [0.5, 0.6) is 0 Å². The molecule has 2 unspecified atom stereocenters. The van der Waals surface area contributed by atoms with E-state index < -0.39 is 0 Å². The molecule has 3 nitrogen and oxygen atoms in total. The summed E-state index contributed by atoms with van der Waals surface area (Å²) < 4.78 is 10.3. The number of esters is 1. The summed E-state index contributed by atoms with van der Waals surface area (Å²) in [6.07, 6.45) is 5.96. The largest absolute Gasteiger partial charge is 0.462 e. The average molecular weight is 214 g/mol. The van der Waals surface area contributed by atoms with Crippen molar-refractivity contribution in [2.24, 2.45) is 5.92 Å². The van der Waals surface area contributed by atoms with Crippen LogP contribution >= 0.6 is 0 Å². The van der Waals surface area contributed by atoms with Gasteiger partial charge in [-0.3, -0.25) is 4.79 Å². The summed E-state index contributed by atoms with van der Waals surface area (Å²) in [4.78, 5) is 11.4. The minimum absolute atomic E-state index is 0.0637. The monoisotopic (exact) mass is 214 g/mol. The SMILES string of the molecule is COCCCC(=O)OC1CCCC(C)C1. The molecule has 0 aromatic rings. The number of methoxy groups -OCH3 is 1. The van der Waals surface area contributed by atoms with Crippen molar-refractivity contribution in [2.75, 3.05) is 13.7 Å². The zero-order valence-electron chi connectivity index (χ0n) is 9.83. The van der Waals surface area contributed by atoms with Crippen molar-refractivity contribution in [3.63, 3.8) is 0 Å². The van der Waals surface area contributed by atoms with Gasteiger partial charge in [-0.25, -0.2) is 0 Å². The quantitative estimate of drug-likeness (QED) is 0.521. The van der Waals surface area contributed by atoms with Crippen LogP contribution in [0.2, 0.25) is 0 Å². The number of rotatable bonds is 5. The van der Waals surface area contributed by atoms with Crippen LogP contribution in [0.3, 0.4) is 0 Å². The molecule has 0 aromatic heterocycles. The maximum Gasteiger partial charge on any atom is 0.306 e. The van der Waals surface area contributed by atoms with Crippen molar-refractivity contribution in [1.29, 1.82) is 0 Å². The smallest absolute Gasteiger partial charge is 0.306 e. The average Bonchev–Trinajstić information content (AvgIpc) is 2.18. The first kappa shape index (κ1) is 12.5. The Morgan fingerprint density at radius 1 is 1.40 bits per heavy atom. The van der Waals surface area contributed by atoms with Crippen molar-refractivity contribution < 1.29 is 14.3 Å². The van der Waals surface area contributed by atoms with E-state index in [1.807, 2.05) is 0 Å². The number of carbonyl (C=O) groups is 1. The maximum absolute atomic E-state index is 11.4. The Kier molecular flexibility index (Phi) is 5.69. The van der Waals surface area contributed by atoms with Crippen molar-refractivity contribution in [1.82, 2.24) is 0 Å². The minimum Gasteiger partial charge on any atom is -0.462 e. The Morgan fingerprint density at radius 2 is 2.20 bits per heavy atom. The standard InChI is InChI=1S/C12H22O3/c1-10-5-3-6-11(9-10)15-12(13)7-4-8-14-2/h10-11H,3-9H2,1-2H3. The van der Waals surface area contributed by atoms with Gasteiger partial charge in [0.05, 0.1) is 0 Å². The Morgan fingerprint density at radius 3 is 2.87 bits per heavy atom. The lowest BCUT2D eigenvalue weighted by molar-refractivity contribution is -0.151. The van der Waals surface area contributed by atoms with Crippen LogP contribution in [0, 0.1) is 5.92 Å². The lowest BCUT2D eigenvalue weighted by Crippen LogP contribution is -2.24. The molecular weight excluding hydrogens is 192 g/mol. The fourth-order valence-corrected chi connectivity index (χ4v) is 2.09. The first-order valence-electron chi connectivity index (χ1n) is 5.90. The second-order valence-corrected chi connectivity index (χ2v) is 4.48. The van der Waals surface area contributed by atoms with Crippen LogP contribution in [0.1, 0.15) is 45.4 Å². The number of hydrogen-bond donors (Lipinski definition) is 0. The molecule has 15 heavy (non-hydrogen) atoms. The third kappa shape index (κ3) is 5.17. The van der Waals surface area contributed by atoms with Gasteiger partial charge < -0.3 is 9.47 Å². The molecule has 0 heterocycles. The summed E-state index contributed by atoms with van der Waals surface area (Å²) in [5, 5.41) is 0. The third-order valence-electron chi connectivity index (χ3n) is 2.92. The molecule has 0 aromatic carbocycles. The van der Waals surface area contributed by atoms with Crippen LogP contribution in [0.15, 0.2) is 0 Å². The molecule has 1 aliphatic rings. The van der Waals surface area contributed by atoms with Crippen molar-refractivity contribution >= 4 is 5.97 Å². The van der Waals surface area contributed by atoms with Gasteiger partial charge in [-0.2, -0.15) is 0 Å². The van der Waals surface area contributed by atoms with Crippen LogP contribution in [0.4, 0.5) is 0 Å². The highest BCUT2D eigenvalue weighted by atomic mass is 16.5. The molecule has 3 heteroatoms. The molecule has 0 radical (unpaired) electrons. The summed E-state index contributed by atoms with van der Waals surface area (Å²) in [5.74, 6) is 0.640. The molecule has 0 amide bonds. The molecule has 88 valence electrons. The van der Waals surface area contributed by atoms with Gasteiger partial charge in [0, 0.05) is 20.1 Å². The van der Waals surface area contributed by atoms with Crippen LogP contribution in [0.25, 0.3) is 0 Å².